The molecule has 0 aliphatic carbocycles. The van der Waals surface area contributed by atoms with E-state index in [0.29, 0.717) is 22.5 Å². The van der Waals surface area contributed by atoms with Crippen LogP contribution in [0.4, 0.5) is 11.4 Å². The highest BCUT2D eigenvalue weighted by Gasteiger charge is 2.14. The normalized spacial score (nSPS) is 11.4. The Morgan fingerprint density at radius 3 is 2.20 bits per heavy atom. The van der Waals surface area contributed by atoms with Crippen molar-refractivity contribution in [1.29, 1.82) is 0 Å². The number of hydrogen-bond donors (Lipinski definition) is 3. The summed E-state index contributed by atoms with van der Waals surface area (Å²) in [6, 6.07) is 20.5. The van der Waals surface area contributed by atoms with Crippen LogP contribution in [0.25, 0.3) is 10.9 Å². The second kappa shape index (κ2) is 10.1. The van der Waals surface area contributed by atoms with Gasteiger partial charge >= 0.3 is 0 Å². The van der Waals surface area contributed by atoms with Gasteiger partial charge < -0.3 is 15.2 Å². The fourth-order valence-corrected chi connectivity index (χ4v) is 4.73. The highest BCUT2D eigenvalue weighted by atomic mass is 32.2. The molecule has 180 valence electrons. The van der Waals surface area contributed by atoms with Crippen molar-refractivity contribution in [3.05, 3.63) is 90.1 Å². The molecule has 0 aliphatic heterocycles. The Morgan fingerprint density at radius 1 is 0.857 bits per heavy atom. The standard InChI is InChI=1S/C26H26N4O4S/c1-3-30-15-14-21-16-23(10-13-25(21)30)29-26(32)20-6-4-19(5-7-20)17-27-35(33,34)24-11-8-22(9-12-24)28-18(2)31/h4-16,27H,3,17H2,1-2H3,(H,28,31)(H,29,32). The minimum absolute atomic E-state index is 0.0722. The molecule has 4 rings (SSSR count). The van der Waals surface area contributed by atoms with Gasteiger partial charge in [0.05, 0.1) is 4.90 Å². The average Bonchev–Trinajstić information content (AvgIpc) is 3.25. The summed E-state index contributed by atoms with van der Waals surface area (Å²) in [6.07, 6.45) is 2.02. The van der Waals surface area contributed by atoms with Crippen molar-refractivity contribution < 1.29 is 18.0 Å². The smallest absolute Gasteiger partial charge is 0.255 e. The first kappa shape index (κ1) is 24.2. The molecule has 0 fully saturated rings. The average molecular weight is 491 g/mol. The first-order valence-corrected chi connectivity index (χ1v) is 12.6. The monoisotopic (exact) mass is 490 g/mol. The lowest BCUT2D eigenvalue weighted by atomic mass is 10.1. The molecule has 0 spiro atoms. The van der Waals surface area contributed by atoms with Crippen LogP contribution < -0.4 is 15.4 Å². The molecular formula is C26H26N4O4S. The molecule has 9 heteroatoms. The van der Waals surface area contributed by atoms with Gasteiger partial charge in [-0.1, -0.05) is 12.1 Å². The quantitative estimate of drug-likeness (QED) is 0.341. The largest absolute Gasteiger partial charge is 0.348 e. The van der Waals surface area contributed by atoms with Gasteiger partial charge in [-0.05, 0) is 73.2 Å². The molecule has 1 aromatic heterocycles. The van der Waals surface area contributed by atoms with Crippen LogP contribution in [0.15, 0.2) is 83.9 Å². The van der Waals surface area contributed by atoms with Crippen molar-refractivity contribution in [1.82, 2.24) is 9.29 Å². The number of nitrogens with one attached hydrogen (secondary N) is 3. The molecule has 1 heterocycles. The number of aryl methyl sites for hydroxylation is 1. The summed E-state index contributed by atoms with van der Waals surface area (Å²) in [5.41, 5.74) is 3.52. The third-order valence-corrected chi connectivity index (χ3v) is 6.95. The van der Waals surface area contributed by atoms with Crippen molar-refractivity contribution in [3.8, 4) is 0 Å². The maximum atomic E-state index is 12.7. The molecule has 4 aromatic rings. The van der Waals surface area contributed by atoms with Gasteiger partial charge in [0.15, 0.2) is 0 Å². The number of nitrogens with zero attached hydrogens (tertiary/aromatic N) is 1. The number of carbonyl (C=O) groups excluding carboxylic acids is 2. The number of amides is 2. The fourth-order valence-electron chi connectivity index (χ4n) is 3.71. The zero-order chi connectivity index (χ0) is 25.0. The van der Waals surface area contributed by atoms with Gasteiger partial charge in [-0.3, -0.25) is 9.59 Å². The lowest BCUT2D eigenvalue weighted by Gasteiger charge is -2.09. The molecule has 0 aliphatic rings. The summed E-state index contributed by atoms with van der Waals surface area (Å²) >= 11 is 0. The number of rotatable bonds is 8. The maximum absolute atomic E-state index is 12.7. The van der Waals surface area contributed by atoms with Crippen molar-refractivity contribution in [2.75, 3.05) is 10.6 Å². The third kappa shape index (κ3) is 5.76. The number of sulfonamides is 1. The van der Waals surface area contributed by atoms with Gasteiger partial charge in [-0.15, -0.1) is 0 Å². The lowest BCUT2D eigenvalue weighted by Crippen LogP contribution is -2.23. The summed E-state index contributed by atoms with van der Waals surface area (Å²) in [7, 11) is -3.73. The van der Waals surface area contributed by atoms with Crippen molar-refractivity contribution >= 4 is 44.1 Å². The molecule has 0 bridgehead atoms. The maximum Gasteiger partial charge on any atom is 0.255 e. The first-order valence-electron chi connectivity index (χ1n) is 11.1. The lowest BCUT2D eigenvalue weighted by molar-refractivity contribution is -0.114. The molecule has 0 saturated carbocycles. The minimum atomic E-state index is -3.73. The Bertz CT molecular complexity index is 1470. The van der Waals surface area contributed by atoms with Gasteiger partial charge in [0.2, 0.25) is 15.9 Å². The van der Waals surface area contributed by atoms with Crippen LogP contribution in [0.5, 0.6) is 0 Å². The van der Waals surface area contributed by atoms with E-state index in [1.165, 1.54) is 31.2 Å². The zero-order valence-electron chi connectivity index (χ0n) is 19.4. The zero-order valence-corrected chi connectivity index (χ0v) is 20.2. The molecule has 0 saturated heterocycles. The van der Waals surface area contributed by atoms with E-state index in [4.69, 9.17) is 0 Å². The molecule has 3 aromatic carbocycles. The Labute approximate surface area is 204 Å². The van der Waals surface area contributed by atoms with Gasteiger partial charge in [-0.25, -0.2) is 13.1 Å². The summed E-state index contributed by atoms with van der Waals surface area (Å²) < 4.78 is 29.8. The van der Waals surface area contributed by atoms with Crippen LogP contribution in [0, 0.1) is 0 Å². The minimum Gasteiger partial charge on any atom is -0.348 e. The van der Waals surface area contributed by atoms with Crippen LogP contribution in [0.3, 0.4) is 0 Å². The molecule has 35 heavy (non-hydrogen) atoms. The Morgan fingerprint density at radius 2 is 1.54 bits per heavy atom. The first-order chi connectivity index (χ1) is 16.7. The summed E-state index contributed by atoms with van der Waals surface area (Å²) in [4.78, 5) is 23.9. The molecular weight excluding hydrogens is 464 g/mol. The molecule has 0 atom stereocenters. The predicted molar refractivity (Wildman–Crippen MR) is 137 cm³/mol. The third-order valence-electron chi connectivity index (χ3n) is 5.54. The Kier molecular flexibility index (Phi) is 6.99. The van der Waals surface area contributed by atoms with Crippen molar-refractivity contribution in [3.63, 3.8) is 0 Å². The highest BCUT2D eigenvalue weighted by molar-refractivity contribution is 7.89. The van der Waals surface area contributed by atoms with E-state index in [0.717, 1.165) is 17.4 Å². The van der Waals surface area contributed by atoms with Crippen LogP contribution in [0.1, 0.15) is 29.8 Å². The number of benzene rings is 3. The van der Waals surface area contributed by atoms with Crippen LogP contribution >= 0.6 is 0 Å². The molecule has 3 N–H and O–H groups in total. The van der Waals surface area contributed by atoms with Gasteiger partial charge in [-0.2, -0.15) is 0 Å². The van der Waals surface area contributed by atoms with E-state index in [-0.39, 0.29) is 23.3 Å². The van der Waals surface area contributed by atoms with Crippen LogP contribution in [0.2, 0.25) is 0 Å². The van der Waals surface area contributed by atoms with E-state index in [1.807, 2.05) is 30.5 Å². The van der Waals surface area contributed by atoms with E-state index in [2.05, 4.69) is 26.8 Å². The number of anilines is 2. The summed E-state index contributed by atoms with van der Waals surface area (Å²) in [5.74, 6) is -0.478. The number of carbonyl (C=O) groups is 2. The molecule has 2 amide bonds. The van der Waals surface area contributed by atoms with E-state index >= 15 is 0 Å². The predicted octanol–water partition coefficient (Wildman–Crippen LogP) is 4.35. The summed E-state index contributed by atoms with van der Waals surface area (Å²) in [6.45, 7) is 4.41. The number of aromatic nitrogens is 1. The van der Waals surface area contributed by atoms with Crippen LogP contribution in [-0.2, 0) is 27.9 Å². The Hall–Kier alpha value is -3.95. The van der Waals surface area contributed by atoms with Crippen molar-refractivity contribution in [2.45, 2.75) is 31.8 Å². The summed E-state index contributed by atoms with van der Waals surface area (Å²) in [5, 5.41) is 6.55. The number of fused-ring (bicyclic) bond motifs is 1. The molecule has 0 radical (unpaired) electrons. The van der Waals surface area contributed by atoms with Gasteiger partial charge in [0, 0.05) is 54.1 Å². The van der Waals surface area contributed by atoms with E-state index in [1.54, 1.807) is 24.3 Å². The fraction of sp³-hybridized carbons (Fsp3) is 0.154. The van der Waals surface area contributed by atoms with E-state index in [9.17, 15) is 18.0 Å². The SMILES string of the molecule is CCn1ccc2cc(NC(=O)c3ccc(CNS(=O)(=O)c4ccc(NC(C)=O)cc4)cc3)ccc21. The topological polar surface area (TPSA) is 109 Å². The van der Waals surface area contributed by atoms with Gasteiger partial charge in [0.25, 0.3) is 5.91 Å². The highest BCUT2D eigenvalue weighted by Crippen LogP contribution is 2.21. The molecule has 0 unspecified atom stereocenters. The second-order valence-corrected chi connectivity index (χ2v) is 9.82. The van der Waals surface area contributed by atoms with E-state index < -0.39 is 10.0 Å². The Balaban J connectivity index is 1.36. The number of hydrogen-bond acceptors (Lipinski definition) is 4. The second-order valence-electron chi connectivity index (χ2n) is 8.06. The van der Waals surface area contributed by atoms with Gasteiger partial charge in [0.1, 0.15) is 0 Å². The van der Waals surface area contributed by atoms with Crippen molar-refractivity contribution in [2.24, 2.45) is 0 Å². The van der Waals surface area contributed by atoms with Crippen LogP contribution in [-0.4, -0.2) is 24.8 Å². The molecule has 8 nitrogen and oxygen atoms in total.